The SMILES string of the molecule is C[C@H]1C[C@H](O[C@H](C)c2cc(C(F)(F)F)cc(C(F)(F)F)c2)[C@@H](c2ccc(F)cc2)c2cccnc21. The zero-order chi connectivity index (χ0) is 25.5. The monoisotopic (exact) mass is 497 g/mol. The molecule has 0 radical (unpaired) electrons. The normalized spacial score (nSPS) is 21.5. The summed E-state index contributed by atoms with van der Waals surface area (Å²) in [6.07, 6.45) is -9.47. The van der Waals surface area contributed by atoms with Crippen molar-refractivity contribution in [1.82, 2.24) is 4.98 Å². The Hall–Kier alpha value is -2.94. The summed E-state index contributed by atoms with van der Waals surface area (Å²) in [5.74, 6) is -0.919. The maximum Gasteiger partial charge on any atom is 0.416 e. The molecule has 3 aromatic rings. The molecular formula is C26H22F7NO. The molecule has 1 aliphatic carbocycles. The molecule has 0 saturated heterocycles. The second-order valence-electron chi connectivity index (χ2n) is 8.80. The van der Waals surface area contributed by atoms with Gasteiger partial charge in [0.2, 0.25) is 0 Å². The fourth-order valence-corrected chi connectivity index (χ4v) is 4.65. The van der Waals surface area contributed by atoms with Crippen molar-refractivity contribution >= 4 is 0 Å². The van der Waals surface area contributed by atoms with Crippen molar-refractivity contribution in [1.29, 1.82) is 0 Å². The Morgan fingerprint density at radius 1 is 0.914 bits per heavy atom. The summed E-state index contributed by atoms with van der Waals surface area (Å²) in [5.41, 5.74) is -0.638. The minimum Gasteiger partial charge on any atom is -0.370 e. The van der Waals surface area contributed by atoms with Crippen LogP contribution in [0.2, 0.25) is 0 Å². The molecule has 1 heterocycles. The lowest BCUT2D eigenvalue weighted by Crippen LogP contribution is -2.32. The quantitative estimate of drug-likeness (QED) is 0.340. The van der Waals surface area contributed by atoms with Crippen LogP contribution in [0.25, 0.3) is 0 Å². The van der Waals surface area contributed by atoms with Gasteiger partial charge in [0, 0.05) is 23.7 Å². The fraction of sp³-hybridized carbons (Fsp3) is 0.346. The van der Waals surface area contributed by atoms with Gasteiger partial charge in [-0.05, 0) is 66.4 Å². The lowest BCUT2D eigenvalue weighted by Gasteiger charge is -2.38. The highest BCUT2D eigenvalue weighted by molar-refractivity contribution is 5.41. The first-order valence-electron chi connectivity index (χ1n) is 11.0. The molecule has 0 unspecified atom stereocenters. The smallest absolute Gasteiger partial charge is 0.370 e. The van der Waals surface area contributed by atoms with Gasteiger partial charge in [-0.1, -0.05) is 25.1 Å². The Bertz CT molecular complexity index is 1160. The Labute approximate surface area is 197 Å². The van der Waals surface area contributed by atoms with Crippen LogP contribution in [0.3, 0.4) is 0 Å². The molecule has 4 rings (SSSR count). The lowest BCUT2D eigenvalue weighted by atomic mass is 9.75. The molecule has 0 spiro atoms. The van der Waals surface area contributed by atoms with Gasteiger partial charge in [0.1, 0.15) is 5.82 Å². The first-order chi connectivity index (χ1) is 16.3. The van der Waals surface area contributed by atoms with E-state index in [0.717, 1.165) is 11.3 Å². The van der Waals surface area contributed by atoms with Gasteiger partial charge in [-0.25, -0.2) is 4.39 Å². The molecule has 0 fully saturated rings. The standard InChI is InChI=1S/C26H22F7NO/c1-14-10-22(23(16-5-7-20(27)8-6-16)21-4-3-9-34-24(14)21)35-15(2)17-11-18(25(28,29)30)13-19(12-17)26(31,32)33/h3-9,11-15,22-23H,10H2,1-2H3/t14-,15+,22-,23-/m0/s1. The summed E-state index contributed by atoms with van der Waals surface area (Å²) in [7, 11) is 0. The predicted octanol–water partition coefficient (Wildman–Crippen LogP) is 8.04. The van der Waals surface area contributed by atoms with Gasteiger partial charge in [0.05, 0.1) is 23.3 Å². The number of pyridine rings is 1. The van der Waals surface area contributed by atoms with E-state index in [1.54, 1.807) is 24.4 Å². The molecule has 0 amide bonds. The van der Waals surface area contributed by atoms with Crippen molar-refractivity contribution in [3.63, 3.8) is 0 Å². The van der Waals surface area contributed by atoms with Gasteiger partial charge < -0.3 is 4.74 Å². The second-order valence-corrected chi connectivity index (χ2v) is 8.80. The average molecular weight is 497 g/mol. The van der Waals surface area contributed by atoms with Crippen LogP contribution in [0.1, 0.15) is 71.7 Å². The van der Waals surface area contributed by atoms with Gasteiger partial charge in [-0.15, -0.1) is 0 Å². The molecular weight excluding hydrogens is 475 g/mol. The van der Waals surface area contributed by atoms with Gasteiger partial charge in [0.25, 0.3) is 0 Å². The zero-order valence-electron chi connectivity index (χ0n) is 18.8. The van der Waals surface area contributed by atoms with E-state index in [1.165, 1.54) is 19.1 Å². The van der Waals surface area contributed by atoms with Crippen molar-refractivity contribution in [2.45, 2.75) is 56.7 Å². The number of halogens is 7. The van der Waals surface area contributed by atoms with Crippen LogP contribution < -0.4 is 0 Å². The maximum absolute atomic E-state index is 13.6. The number of benzene rings is 2. The molecule has 1 aliphatic rings. The van der Waals surface area contributed by atoms with E-state index in [-0.39, 0.29) is 17.5 Å². The molecule has 2 nitrogen and oxygen atoms in total. The molecule has 0 bridgehead atoms. The van der Waals surface area contributed by atoms with E-state index in [0.29, 0.717) is 24.1 Å². The number of ether oxygens (including phenoxy) is 1. The predicted molar refractivity (Wildman–Crippen MR) is 115 cm³/mol. The fourth-order valence-electron chi connectivity index (χ4n) is 4.65. The third-order valence-corrected chi connectivity index (χ3v) is 6.32. The number of alkyl halides is 6. The van der Waals surface area contributed by atoms with Crippen molar-refractivity contribution in [3.8, 4) is 0 Å². The summed E-state index contributed by atoms with van der Waals surface area (Å²) in [5, 5.41) is 0. The molecule has 186 valence electrons. The Kier molecular flexibility index (Phi) is 6.66. The number of hydrogen-bond acceptors (Lipinski definition) is 2. The van der Waals surface area contributed by atoms with Crippen LogP contribution in [0.4, 0.5) is 30.7 Å². The van der Waals surface area contributed by atoms with Crippen LogP contribution in [-0.2, 0) is 17.1 Å². The summed E-state index contributed by atoms with van der Waals surface area (Å²) >= 11 is 0. The minimum absolute atomic E-state index is 0.0626. The summed E-state index contributed by atoms with van der Waals surface area (Å²) < 4.78 is 99.8. The van der Waals surface area contributed by atoms with Crippen LogP contribution >= 0.6 is 0 Å². The Morgan fingerprint density at radius 3 is 2.09 bits per heavy atom. The third-order valence-electron chi connectivity index (χ3n) is 6.32. The van der Waals surface area contributed by atoms with Crippen LogP contribution in [-0.4, -0.2) is 11.1 Å². The molecule has 0 saturated carbocycles. The van der Waals surface area contributed by atoms with Gasteiger partial charge in [0.15, 0.2) is 0 Å². The minimum atomic E-state index is -4.95. The molecule has 9 heteroatoms. The zero-order valence-corrected chi connectivity index (χ0v) is 18.8. The van der Waals surface area contributed by atoms with Crippen LogP contribution in [0.5, 0.6) is 0 Å². The van der Waals surface area contributed by atoms with E-state index in [4.69, 9.17) is 4.74 Å². The number of hydrogen-bond donors (Lipinski definition) is 0. The molecule has 0 aliphatic heterocycles. The van der Waals surface area contributed by atoms with Gasteiger partial charge in [-0.3, -0.25) is 4.98 Å². The van der Waals surface area contributed by atoms with E-state index in [2.05, 4.69) is 4.98 Å². The van der Waals surface area contributed by atoms with Crippen molar-refractivity contribution in [2.75, 3.05) is 0 Å². The highest BCUT2D eigenvalue weighted by atomic mass is 19.4. The van der Waals surface area contributed by atoms with E-state index in [9.17, 15) is 30.7 Å². The van der Waals surface area contributed by atoms with Crippen molar-refractivity contribution < 1.29 is 35.5 Å². The topological polar surface area (TPSA) is 22.1 Å². The summed E-state index contributed by atoms with van der Waals surface area (Å²) in [4.78, 5) is 4.46. The third kappa shape index (κ3) is 5.34. The highest BCUT2D eigenvalue weighted by Crippen LogP contribution is 2.45. The molecule has 35 heavy (non-hydrogen) atoms. The van der Waals surface area contributed by atoms with E-state index < -0.39 is 47.4 Å². The summed E-state index contributed by atoms with van der Waals surface area (Å²) in [6, 6.07) is 10.9. The van der Waals surface area contributed by atoms with E-state index >= 15 is 0 Å². The van der Waals surface area contributed by atoms with Crippen LogP contribution in [0.15, 0.2) is 60.8 Å². The second kappa shape index (κ2) is 9.26. The van der Waals surface area contributed by atoms with E-state index in [1.807, 2.05) is 13.0 Å². The molecule has 4 atom stereocenters. The largest absolute Gasteiger partial charge is 0.416 e. The Morgan fingerprint density at radius 2 is 1.51 bits per heavy atom. The number of aromatic nitrogens is 1. The van der Waals surface area contributed by atoms with Crippen molar-refractivity contribution in [3.05, 3.63) is 100 Å². The number of fused-ring (bicyclic) bond motifs is 1. The average Bonchev–Trinajstić information content (AvgIpc) is 2.79. The number of rotatable bonds is 4. The first-order valence-corrected chi connectivity index (χ1v) is 11.0. The molecule has 2 aromatic carbocycles. The maximum atomic E-state index is 13.6. The molecule has 0 N–H and O–H groups in total. The summed E-state index contributed by atoms with van der Waals surface area (Å²) in [6.45, 7) is 3.36. The van der Waals surface area contributed by atoms with Gasteiger partial charge >= 0.3 is 12.4 Å². The number of nitrogens with zero attached hydrogens (tertiary/aromatic N) is 1. The van der Waals surface area contributed by atoms with Crippen molar-refractivity contribution in [2.24, 2.45) is 0 Å². The lowest BCUT2D eigenvalue weighted by molar-refractivity contribution is -0.143. The van der Waals surface area contributed by atoms with Gasteiger partial charge in [-0.2, -0.15) is 26.3 Å². The first kappa shape index (κ1) is 25.2. The van der Waals surface area contributed by atoms with Crippen LogP contribution in [0, 0.1) is 5.82 Å². The highest BCUT2D eigenvalue weighted by Gasteiger charge is 2.39. The Balaban J connectivity index is 1.73. The molecule has 1 aromatic heterocycles.